The molecule has 21 heavy (non-hydrogen) atoms. The van der Waals surface area contributed by atoms with Crippen LogP contribution in [0, 0.1) is 0 Å². The molecular weight excluding hydrogens is 534 g/mol. The molecule has 0 atom stereocenters. The van der Waals surface area contributed by atoms with Gasteiger partial charge in [0.1, 0.15) is 5.75 Å². The lowest BCUT2D eigenvalue weighted by atomic mass is 10.2. The molecule has 0 radical (unpaired) electrons. The zero-order valence-corrected chi connectivity index (χ0v) is 17.1. The summed E-state index contributed by atoms with van der Waals surface area (Å²) in [5.74, 6) is 0.426. The standard InChI is InChI=1S/C14H9Br4NO2/c1-21-13-6-12(10(17)5-11(13)18)19-14(20)8-4-7(15)2-3-9(8)16/h2-6H,1H3,(H,19,20). The number of rotatable bonds is 3. The first kappa shape index (κ1) is 17.0. The number of nitrogens with one attached hydrogen (secondary N) is 1. The van der Waals surface area contributed by atoms with Crippen LogP contribution in [0.4, 0.5) is 5.69 Å². The number of amides is 1. The first-order chi connectivity index (χ1) is 9.92. The maximum absolute atomic E-state index is 12.4. The van der Waals surface area contributed by atoms with Crippen LogP contribution in [-0.4, -0.2) is 13.0 Å². The minimum Gasteiger partial charge on any atom is -0.495 e. The van der Waals surface area contributed by atoms with E-state index in [1.807, 2.05) is 18.2 Å². The zero-order chi connectivity index (χ0) is 15.6. The lowest BCUT2D eigenvalue weighted by molar-refractivity contribution is 0.102. The Hall–Kier alpha value is -0.370. The second kappa shape index (κ2) is 7.26. The number of methoxy groups -OCH3 is 1. The SMILES string of the molecule is COc1cc(NC(=O)c2cc(Br)ccc2Br)c(Br)cc1Br. The van der Waals surface area contributed by atoms with Crippen LogP contribution in [0.1, 0.15) is 10.4 Å². The highest BCUT2D eigenvalue weighted by atomic mass is 79.9. The molecule has 2 aromatic rings. The molecule has 0 aliphatic heterocycles. The fraction of sp³-hybridized carbons (Fsp3) is 0.0714. The average molecular weight is 543 g/mol. The number of benzene rings is 2. The Balaban J connectivity index is 2.33. The van der Waals surface area contributed by atoms with Gasteiger partial charge in [-0.1, -0.05) is 15.9 Å². The molecule has 0 aliphatic carbocycles. The Morgan fingerprint density at radius 1 is 1.00 bits per heavy atom. The van der Waals surface area contributed by atoms with Gasteiger partial charge in [-0.25, -0.2) is 0 Å². The summed E-state index contributed by atoms with van der Waals surface area (Å²) in [6.45, 7) is 0. The molecule has 0 aliphatic rings. The van der Waals surface area contributed by atoms with Crippen molar-refractivity contribution >= 4 is 75.3 Å². The van der Waals surface area contributed by atoms with E-state index in [0.717, 1.165) is 17.9 Å². The second-order valence-electron chi connectivity index (χ2n) is 4.04. The van der Waals surface area contributed by atoms with Crippen LogP contribution in [0.2, 0.25) is 0 Å². The van der Waals surface area contributed by atoms with Crippen LogP contribution in [-0.2, 0) is 0 Å². The molecule has 1 amide bonds. The number of ether oxygens (including phenoxy) is 1. The highest BCUT2D eigenvalue weighted by molar-refractivity contribution is 9.11. The minimum atomic E-state index is -0.215. The van der Waals surface area contributed by atoms with Crippen LogP contribution in [0.15, 0.2) is 48.2 Å². The van der Waals surface area contributed by atoms with Gasteiger partial charge in [0, 0.05) is 19.5 Å². The minimum absolute atomic E-state index is 0.215. The van der Waals surface area contributed by atoms with Gasteiger partial charge < -0.3 is 10.1 Å². The maximum Gasteiger partial charge on any atom is 0.256 e. The summed E-state index contributed by atoms with van der Waals surface area (Å²) in [6, 6.07) is 9.00. The molecule has 0 unspecified atom stereocenters. The molecule has 0 spiro atoms. The molecule has 0 bridgehead atoms. The van der Waals surface area contributed by atoms with Crippen molar-refractivity contribution in [3.05, 3.63) is 53.8 Å². The Bertz CT molecular complexity index is 704. The maximum atomic E-state index is 12.4. The number of halogens is 4. The topological polar surface area (TPSA) is 38.3 Å². The quantitative estimate of drug-likeness (QED) is 0.517. The average Bonchev–Trinajstić information content (AvgIpc) is 2.44. The predicted octanol–water partition coefficient (Wildman–Crippen LogP) is 6.00. The third-order valence-corrected chi connectivity index (χ3v) is 5.12. The van der Waals surface area contributed by atoms with Gasteiger partial charge in [0.05, 0.1) is 22.8 Å². The van der Waals surface area contributed by atoms with E-state index in [0.29, 0.717) is 17.0 Å². The fourth-order valence-electron chi connectivity index (χ4n) is 1.64. The van der Waals surface area contributed by atoms with E-state index in [-0.39, 0.29) is 5.91 Å². The first-order valence-electron chi connectivity index (χ1n) is 5.72. The van der Waals surface area contributed by atoms with E-state index >= 15 is 0 Å². The van der Waals surface area contributed by atoms with E-state index in [1.54, 1.807) is 19.2 Å². The molecule has 3 nitrogen and oxygen atoms in total. The van der Waals surface area contributed by atoms with Gasteiger partial charge in [0.25, 0.3) is 5.91 Å². The normalized spacial score (nSPS) is 10.3. The van der Waals surface area contributed by atoms with Crippen molar-refractivity contribution in [1.29, 1.82) is 0 Å². The summed E-state index contributed by atoms with van der Waals surface area (Å²) in [5, 5.41) is 2.86. The molecule has 2 aromatic carbocycles. The second-order valence-corrected chi connectivity index (χ2v) is 7.52. The third-order valence-electron chi connectivity index (χ3n) is 2.66. The third kappa shape index (κ3) is 4.09. The highest BCUT2D eigenvalue weighted by Gasteiger charge is 2.14. The monoisotopic (exact) mass is 539 g/mol. The van der Waals surface area contributed by atoms with Gasteiger partial charge in [-0.2, -0.15) is 0 Å². The van der Waals surface area contributed by atoms with Gasteiger partial charge >= 0.3 is 0 Å². The molecule has 2 rings (SSSR count). The van der Waals surface area contributed by atoms with Crippen molar-refractivity contribution in [3.8, 4) is 5.75 Å². The molecule has 110 valence electrons. The Kier molecular flexibility index (Phi) is 5.88. The molecule has 0 fully saturated rings. The van der Waals surface area contributed by atoms with Gasteiger partial charge in [-0.15, -0.1) is 0 Å². The van der Waals surface area contributed by atoms with Crippen LogP contribution < -0.4 is 10.1 Å². The van der Waals surface area contributed by atoms with E-state index in [2.05, 4.69) is 69.0 Å². The van der Waals surface area contributed by atoms with Crippen molar-refractivity contribution in [2.24, 2.45) is 0 Å². The van der Waals surface area contributed by atoms with E-state index in [4.69, 9.17) is 4.74 Å². The lowest BCUT2D eigenvalue weighted by Crippen LogP contribution is -2.13. The first-order valence-corrected chi connectivity index (χ1v) is 8.89. The van der Waals surface area contributed by atoms with Gasteiger partial charge in [-0.3, -0.25) is 4.79 Å². The summed E-state index contributed by atoms with van der Waals surface area (Å²) in [6.07, 6.45) is 0. The van der Waals surface area contributed by atoms with Crippen molar-refractivity contribution in [2.75, 3.05) is 12.4 Å². The van der Waals surface area contributed by atoms with Crippen molar-refractivity contribution in [2.45, 2.75) is 0 Å². The largest absolute Gasteiger partial charge is 0.495 e. The van der Waals surface area contributed by atoms with Crippen LogP contribution in [0.3, 0.4) is 0 Å². The number of carbonyl (C=O) groups excluding carboxylic acids is 1. The van der Waals surface area contributed by atoms with Gasteiger partial charge in [0.15, 0.2) is 0 Å². The molecule has 0 heterocycles. The van der Waals surface area contributed by atoms with E-state index in [1.165, 1.54) is 0 Å². The number of hydrogen-bond acceptors (Lipinski definition) is 2. The molecule has 0 aromatic heterocycles. The number of hydrogen-bond donors (Lipinski definition) is 1. The van der Waals surface area contributed by atoms with Crippen molar-refractivity contribution < 1.29 is 9.53 Å². The Morgan fingerprint density at radius 2 is 1.71 bits per heavy atom. The summed E-state index contributed by atoms with van der Waals surface area (Å²) in [4.78, 5) is 12.4. The predicted molar refractivity (Wildman–Crippen MR) is 98.2 cm³/mol. The molecule has 0 saturated heterocycles. The fourth-order valence-corrected chi connectivity index (χ4v) is 3.69. The van der Waals surface area contributed by atoms with Gasteiger partial charge in [0.2, 0.25) is 0 Å². The molecule has 1 N–H and O–H groups in total. The number of carbonyl (C=O) groups is 1. The lowest BCUT2D eigenvalue weighted by Gasteiger charge is -2.12. The summed E-state index contributed by atoms with van der Waals surface area (Å²) in [5.41, 5.74) is 1.17. The van der Waals surface area contributed by atoms with Crippen molar-refractivity contribution in [3.63, 3.8) is 0 Å². The zero-order valence-electron chi connectivity index (χ0n) is 10.7. The van der Waals surface area contributed by atoms with Crippen LogP contribution in [0.5, 0.6) is 5.75 Å². The molecule has 0 saturated carbocycles. The van der Waals surface area contributed by atoms with Crippen molar-refractivity contribution in [1.82, 2.24) is 0 Å². The van der Waals surface area contributed by atoms with Gasteiger partial charge in [-0.05, 0) is 72.1 Å². The Labute approximate surface area is 156 Å². The van der Waals surface area contributed by atoms with E-state index < -0.39 is 0 Å². The smallest absolute Gasteiger partial charge is 0.256 e. The summed E-state index contributed by atoms with van der Waals surface area (Å²) < 4.78 is 8.36. The number of anilines is 1. The molecule has 7 heteroatoms. The molecular formula is C14H9Br4NO2. The summed E-state index contributed by atoms with van der Waals surface area (Å²) in [7, 11) is 1.57. The Morgan fingerprint density at radius 3 is 2.38 bits per heavy atom. The van der Waals surface area contributed by atoms with Crippen LogP contribution in [0.25, 0.3) is 0 Å². The van der Waals surface area contributed by atoms with E-state index in [9.17, 15) is 4.79 Å². The highest BCUT2D eigenvalue weighted by Crippen LogP contribution is 2.35. The summed E-state index contributed by atoms with van der Waals surface area (Å²) >= 11 is 13.6. The van der Waals surface area contributed by atoms with Crippen LogP contribution >= 0.6 is 63.7 Å².